The molecule has 1 aliphatic heterocycles. The zero-order chi connectivity index (χ0) is 44.7. The van der Waals surface area contributed by atoms with Gasteiger partial charge in [-0.1, -0.05) is 146 Å². The van der Waals surface area contributed by atoms with Crippen molar-refractivity contribution in [2.24, 2.45) is 0 Å². The van der Waals surface area contributed by atoms with Gasteiger partial charge < -0.3 is 16.5 Å². The van der Waals surface area contributed by atoms with E-state index in [1.54, 1.807) is 0 Å². The molecule has 1 heterocycles. The number of hydrogen-bond acceptors (Lipinski definition) is 4. The zero-order valence-corrected chi connectivity index (χ0v) is 54.4. The van der Waals surface area contributed by atoms with E-state index in [-0.39, 0.29) is 0 Å². The van der Waals surface area contributed by atoms with Gasteiger partial charge in [-0.3, -0.25) is 0 Å². The highest BCUT2D eigenvalue weighted by Crippen LogP contribution is 2.36. The lowest BCUT2D eigenvalue weighted by molar-refractivity contribution is 0.267. The first-order valence-electron chi connectivity index (χ1n) is 19.8. The monoisotopic (exact) mass is 1800 g/mol. The maximum atomic E-state index is 8.88. The molecule has 0 bridgehead atoms. The van der Waals surface area contributed by atoms with E-state index in [1.807, 2.05) is 0 Å². The van der Waals surface area contributed by atoms with Gasteiger partial charge in [-0.2, -0.15) is 0 Å². The van der Waals surface area contributed by atoms with Crippen molar-refractivity contribution in [2.45, 2.75) is 0 Å². The third-order valence-corrected chi connectivity index (χ3v) is 40.9. The highest BCUT2D eigenvalue weighted by molar-refractivity contribution is 14.1. The Morgan fingerprint density at radius 3 is 0.406 bits per heavy atom. The van der Waals surface area contributed by atoms with Crippen molar-refractivity contribution in [1.82, 2.24) is 0 Å². The number of benzene rings is 8. The van der Waals surface area contributed by atoms with Crippen LogP contribution in [0.25, 0.3) is 0 Å². The fourth-order valence-corrected chi connectivity index (χ4v) is 42.3. The average molecular weight is 1800 g/mol. The van der Waals surface area contributed by atoms with Crippen LogP contribution in [0.15, 0.2) is 194 Å². The Bertz CT molecular complexity index is 2430. The molecule has 1 saturated heterocycles. The highest BCUT2D eigenvalue weighted by Gasteiger charge is 2.70. The lowest BCUT2D eigenvalue weighted by Gasteiger charge is -2.54. The van der Waals surface area contributed by atoms with Crippen LogP contribution in [0.2, 0.25) is 0 Å². The van der Waals surface area contributed by atoms with Crippen LogP contribution >= 0.6 is 181 Å². The van der Waals surface area contributed by atoms with Crippen molar-refractivity contribution in [1.29, 1.82) is 0 Å². The van der Waals surface area contributed by atoms with Crippen LogP contribution < -0.4 is 41.5 Å². The number of rotatable bonds is 8. The number of hydrogen-bond donors (Lipinski definition) is 0. The Kier molecular flexibility index (Phi) is 16.1. The molecule has 0 N–H and O–H groups in total. The summed E-state index contributed by atoms with van der Waals surface area (Å²) >= 11 is 20.0. The molecule has 16 heteroatoms. The van der Waals surface area contributed by atoms with Crippen molar-refractivity contribution in [3.8, 4) is 0 Å². The molecule has 8 aromatic rings. The van der Waals surface area contributed by atoms with Crippen molar-refractivity contribution in [3.63, 3.8) is 0 Å². The molecule has 0 spiro atoms. The standard InChI is InChI=1S/C48H32I8O4Si4/c49-33-17-1-9-25-41(33)61(42-26-10-2-18-34(42)50)57-62(43-27-11-3-19-35(43)51,44-28-12-4-20-36(44)52)59-64(47-31-15-7-23-39(47)55,48-32-16-8-24-40(48)56)60-63(58-61,45-29-13-5-21-37(45)53)46-30-14-6-22-38(46)54/h1-32H. The van der Waals surface area contributed by atoms with Gasteiger partial charge >= 0.3 is 34.2 Å². The summed E-state index contributed by atoms with van der Waals surface area (Å²) in [7, 11) is -16.5. The fraction of sp³-hybridized carbons (Fsp3) is 0. The van der Waals surface area contributed by atoms with Gasteiger partial charge in [0.25, 0.3) is 0 Å². The smallest absolute Gasteiger partial charge is 0.392 e. The lowest BCUT2D eigenvalue weighted by Crippen LogP contribution is -2.89. The quantitative estimate of drug-likeness (QED) is 0.112. The normalized spacial score (nSPS) is 16.4. The molecule has 9 rings (SSSR count). The van der Waals surface area contributed by atoms with Gasteiger partial charge in [0.05, 0.1) is 0 Å². The third kappa shape index (κ3) is 9.11. The molecular formula is C48H32I8O4Si4. The minimum absolute atomic E-state index is 1.01. The predicted molar refractivity (Wildman–Crippen MR) is 338 cm³/mol. The molecule has 0 unspecified atom stereocenters. The number of halogens is 8. The maximum Gasteiger partial charge on any atom is 0.392 e. The van der Waals surface area contributed by atoms with E-state index in [4.69, 9.17) is 16.5 Å². The molecular weight excluding hydrogens is 1770 g/mol. The first-order valence-corrected chi connectivity index (χ1v) is 35.7. The van der Waals surface area contributed by atoms with Crippen molar-refractivity contribution >= 4 is 256 Å². The summed E-state index contributed by atoms with van der Waals surface area (Å²) in [6, 6.07) is 68.9. The van der Waals surface area contributed by atoms with Crippen LogP contribution in [-0.4, -0.2) is 34.2 Å². The molecule has 64 heavy (non-hydrogen) atoms. The summed E-state index contributed by atoms with van der Waals surface area (Å²) < 4.78 is 43.9. The third-order valence-electron chi connectivity index (χ3n) is 11.0. The van der Waals surface area contributed by atoms with Crippen molar-refractivity contribution < 1.29 is 16.5 Å². The van der Waals surface area contributed by atoms with Gasteiger partial charge in [0.1, 0.15) is 0 Å². The first-order chi connectivity index (χ1) is 31.0. The summed E-state index contributed by atoms with van der Waals surface area (Å²) in [6.07, 6.45) is 0. The average Bonchev–Trinajstić information content (AvgIpc) is 3.29. The van der Waals surface area contributed by atoms with Gasteiger partial charge in [0, 0.05) is 70.1 Å². The molecule has 8 aromatic carbocycles. The largest absolute Gasteiger partial charge is 0.402 e. The van der Waals surface area contributed by atoms with E-state index in [2.05, 4.69) is 375 Å². The summed E-state index contributed by atoms with van der Waals surface area (Å²) in [4.78, 5) is 0. The zero-order valence-electron chi connectivity index (χ0n) is 33.1. The summed E-state index contributed by atoms with van der Waals surface area (Å²) in [5, 5.41) is 8.05. The minimum Gasteiger partial charge on any atom is -0.402 e. The van der Waals surface area contributed by atoms with Crippen LogP contribution in [0.1, 0.15) is 0 Å². The Balaban J connectivity index is 1.60. The van der Waals surface area contributed by atoms with E-state index in [0.29, 0.717) is 0 Å². The maximum absolute atomic E-state index is 8.88. The molecule has 0 saturated carbocycles. The van der Waals surface area contributed by atoms with E-state index in [1.165, 1.54) is 0 Å². The van der Waals surface area contributed by atoms with Crippen LogP contribution in [0.4, 0.5) is 0 Å². The van der Waals surface area contributed by atoms with Crippen molar-refractivity contribution in [3.05, 3.63) is 223 Å². The van der Waals surface area contributed by atoms with Crippen LogP contribution in [-0.2, 0) is 16.5 Å². The molecule has 320 valence electrons. The summed E-state index contributed by atoms with van der Waals surface area (Å²) in [5.41, 5.74) is 0. The molecule has 1 fully saturated rings. The van der Waals surface area contributed by atoms with Gasteiger partial charge in [0.15, 0.2) is 0 Å². The Morgan fingerprint density at radius 2 is 0.297 bits per heavy atom. The molecule has 4 nitrogen and oxygen atoms in total. The van der Waals surface area contributed by atoms with E-state index < -0.39 is 34.2 Å². The molecule has 1 aliphatic rings. The van der Waals surface area contributed by atoms with Crippen molar-refractivity contribution in [2.75, 3.05) is 0 Å². The highest BCUT2D eigenvalue weighted by atomic mass is 127. The molecule has 0 radical (unpaired) electrons. The molecule has 0 amide bonds. The van der Waals surface area contributed by atoms with Crippen LogP contribution in [0.5, 0.6) is 0 Å². The SMILES string of the molecule is Ic1ccccc1[Si]1(c2ccccc2I)O[Si](c2ccccc2I)(c2ccccc2I)O[Si](c2ccccc2I)(c2ccccc2I)O[Si](c2ccccc2I)(c2ccccc2I)O1. The molecule has 0 aliphatic carbocycles. The Morgan fingerprint density at radius 1 is 0.188 bits per heavy atom. The van der Waals surface area contributed by atoms with Crippen LogP contribution in [0, 0.1) is 28.6 Å². The fourth-order valence-electron chi connectivity index (χ4n) is 8.18. The topological polar surface area (TPSA) is 36.9 Å². The second-order valence-corrected chi connectivity index (χ2v) is 36.5. The van der Waals surface area contributed by atoms with E-state index in [9.17, 15) is 0 Å². The second kappa shape index (κ2) is 21.0. The van der Waals surface area contributed by atoms with Gasteiger partial charge in [-0.05, 0) is 229 Å². The Labute approximate surface area is 487 Å². The van der Waals surface area contributed by atoms with Gasteiger partial charge in [-0.25, -0.2) is 0 Å². The second-order valence-electron chi connectivity index (χ2n) is 14.7. The lowest BCUT2D eigenvalue weighted by atomic mass is 10.4. The van der Waals surface area contributed by atoms with Crippen LogP contribution in [0.3, 0.4) is 0 Å². The molecule has 0 atom stereocenters. The van der Waals surface area contributed by atoms with Gasteiger partial charge in [0.2, 0.25) is 0 Å². The summed E-state index contributed by atoms with van der Waals surface area (Å²) in [5.74, 6) is 0. The Hall–Kier alpha value is 0.308. The minimum atomic E-state index is -4.13. The first kappa shape index (κ1) is 49.3. The summed E-state index contributed by atoms with van der Waals surface area (Å²) in [6.45, 7) is 0. The van der Waals surface area contributed by atoms with E-state index in [0.717, 1.165) is 70.1 Å². The van der Waals surface area contributed by atoms with E-state index >= 15 is 0 Å². The predicted octanol–water partition coefficient (Wildman–Crippen LogP) is 9.93. The van der Waals surface area contributed by atoms with Gasteiger partial charge in [-0.15, -0.1) is 0 Å². The molecule has 0 aromatic heterocycles.